The van der Waals surface area contributed by atoms with Gasteiger partial charge in [-0.05, 0) is 60.0 Å². The second kappa shape index (κ2) is 8.77. The number of aromatic amines is 1. The number of phenols is 1. The van der Waals surface area contributed by atoms with Crippen LogP contribution in [0, 0.1) is 0 Å². The van der Waals surface area contributed by atoms with Crippen LogP contribution in [0.3, 0.4) is 0 Å². The maximum Gasteiger partial charge on any atom is 0.323 e. The van der Waals surface area contributed by atoms with E-state index in [1.54, 1.807) is 17.0 Å². The van der Waals surface area contributed by atoms with E-state index in [2.05, 4.69) is 4.98 Å². The molecule has 5 rings (SSSR count). The van der Waals surface area contributed by atoms with Crippen LogP contribution < -0.4 is 16.4 Å². The first-order chi connectivity index (χ1) is 15.1. The molecule has 0 fully saturated rings. The highest BCUT2D eigenvalue weighted by Gasteiger charge is 2.21. The number of aromatic nitrogens is 1. The predicted octanol–water partition coefficient (Wildman–Crippen LogP) is 4.76. The van der Waals surface area contributed by atoms with Crippen LogP contribution in [0.5, 0.6) is 5.75 Å². The van der Waals surface area contributed by atoms with Crippen molar-refractivity contribution in [2.45, 2.75) is 6.42 Å². The molecular weight excluding hydrogens is 388 g/mol. The third-order valence-corrected chi connectivity index (χ3v) is 5.18. The van der Waals surface area contributed by atoms with Gasteiger partial charge in [-0.2, -0.15) is 0 Å². The molecular formula is C25H24N4O2. The van der Waals surface area contributed by atoms with Gasteiger partial charge in [-0.15, -0.1) is 0 Å². The van der Waals surface area contributed by atoms with Crippen molar-refractivity contribution in [1.29, 1.82) is 0 Å². The van der Waals surface area contributed by atoms with Crippen LogP contribution in [-0.4, -0.2) is 22.7 Å². The largest absolute Gasteiger partial charge is 0.508 e. The Balaban J connectivity index is 0.000000158. The molecule has 6 nitrogen and oxygen atoms in total. The summed E-state index contributed by atoms with van der Waals surface area (Å²) in [6.07, 6.45) is 6.77. The highest BCUT2D eigenvalue weighted by molar-refractivity contribution is 6.04. The number of hydrogen-bond acceptors (Lipinski definition) is 3. The lowest BCUT2D eigenvalue weighted by Gasteiger charge is -2.22. The van der Waals surface area contributed by atoms with Crippen molar-refractivity contribution >= 4 is 40.5 Å². The number of urea groups is 1. The first-order valence-corrected chi connectivity index (χ1v) is 10.0. The Bertz CT molecular complexity index is 1210. The summed E-state index contributed by atoms with van der Waals surface area (Å²) in [6, 6.07) is 20.2. The summed E-state index contributed by atoms with van der Waals surface area (Å²) in [6.45, 7) is 0.628. The summed E-state index contributed by atoms with van der Waals surface area (Å²) in [5.41, 5.74) is 16.8. The maximum absolute atomic E-state index is 11.8. The van der Waals surface area contributed by atoms with Gasteiger partial charge in [0.25, 0.3) is 0 Å². The minimum Gasteiger partial charge on any atom is -0.508 e. The minimum atomic E-state index is -0.474. The van der Waals surface area contributed by atoms with E-state index in [-0.39, 0.29) is 0 Å². The quantitative estimate of drug-likeness (QED) is 0.381. The molecule has 0 saturated heterocycles. The molecule has 0 radical (unpaired) electrons. The van der Waals surface area contributed by atoms with E-state index in [1.165, 1.54) is 0 Å². The van der Waals surface area contributed by atoms with E-state index in [1.807, 2.05) is 72.9 Å². The molecule has 4 aromatic rings. The third-order valence-electron chi connectivity index (χ3n) is 5.18. The first kappa shape index (κ1) is 20.3. The smallest absolute Gasteiger partial charge is 0.323 e. The molecule has 1 aliphatic heterocycles. The predicted molar refractivity (Wildman–Crippen MR) is 126 cm³/mol. The van der Waals surface area contributed by atoms with Gasteiger partial charge in [0, 0.05) is 17.1 Å². The fourth-order valence-electron chi connectivity index (χ4n) is 3.74. The number of nitrogens with zero attached hydrogens (tertiary/aromatic N) is 1. The minimum absolute atomic E-state index is 0.297. The molecule has 0 aliphatic carbocycles. The van der Waals surface area contributed by atoms with Gasteiger partial charge >= 0.3 is 6.03 Å². The molecule has 156 valence electrons. The molecule has 0 spiro atoms. The van der Waals surface area contributed by atoms with Gasteiger partial charge in [0.05, 0.1) is 11.4 Å². The summed E-state index contributed by atoms with van der Waals surface area (Å²) in [4.78, 5) is 16.4. The summed E-state index contributed by atoms with van der Waals surface area (Å²) < 4.78 is 0. The average Bonchev–Trinajstić information content (AvgIpc) is 3.07. The molecule has 31 heavy (non-hydrogen) atoms. The second-order valence-corrected chi connectivity index (χ2v) is 7.21. The summed E-state index contributed by atoms with van der Waals surface area (Å²) in [5.74, 6) is 0.297. The Labute approximate surface area is 180 Å². The number of aromatic hydroxyl groups is 1. The van der Waals surface area contributed by atoms with Crippen LogP contribution in [-0.2, 0) is 6.42 Å². The average molecular weight is 412 g/mol. The maximum atomic E-state index is 11.8. The van der Waals surface area contributed by atoms with Crippen molar-refractivity contribution in [3.05, 3.63) is 89.6 Å². The van der Waals surface area contributed by atoms with Gasteiger partial charge in [0.2, 0.25) is 0 Å². The number of nitrogens with two attached hydrogens (primary N) is 2. The zero-order chi connectivity index (χ0) is 21.8. The summed E-state index contributed by atoms with van der Waals surface area (Å²) in [5, 5.41) is 10.4. The second-order valence-electron chi connectivity index (χ2n) is 7.21. The van der Waals surface area contributed by atoms with Crippen LogP contribution >= 0.6 is 0 Å². The zero-order valence-corrected chi connectivity index (χ0v) is 17.0. The number of hydrogen-bond donors (Lipinski definition) is 4. The fourth-order valence-corrected chi connectivity index (χ4v) is 3.74. The van der Waals surface area contributed by atoms with Gasteiger partial charge in [-0.1, -0.05) is 48.6 Å². The fraction of sp³-hybridized carbons (Fsp3) is 0.0800. The zero-order valence-electron chi connectivity index (χ0n) is 17.0. The number of primary amides is 1. The molecule has 3 aromatic carbocycles. The molecule has 6 heteroatoms. The van der Waals surface area contributed by atoms with E-state index < -0.39 is 6.03 Å². The van der Waals surface area contributed by atoms with Crippen molar-refractivity contribution in [1.82, 2.24) is 4.98 Å². The summed E-state index contributed by atoms with van der Waals surface area (Å²) in [7, 11) is 0. The van der Waals surface area contributed by atoms with Crippen molar-refractivity contribution in [3.8, 4) is 5.75 Å². The van der Waals surface area contributed by atoms with Gasteiger partial charge in [0.1, 0.15) is 5.75 Å². The molecule has 1 aliphatic rings. The number of nitrogens with one attached hydrogen (secondary N) is 1. The van der Waals surface area contributed by atoms with Crippen LogP contribution in [0.25, 0.3) is 23.1 Å². The van der Waals surface area contributed by atoms with Gasteiger partial charge in [-0.25, -0.2) is 4.79 Å². The van der Waals surface area contributed by atoms with Crippen molar-refractivity contribution < 1.29 is 9.90 Å². The Kier molecular flexibility index (Phi) is 5.73. The van der Waals surface area contributed by atoms with Crippen molar-refractivity contribution in [3.63, 3.8) is 0 Å². The lowest BCUT2D eigenvalue weighted by Crippen LogP contribution is -2.32. The number of H-pyrrole nitrogens is 1. The van der Waals surface area contributed by atoms with Crippen molar-refractivity contribution in [2.24, 2.45) is 11.5 Å². The lowest BCUT2D eigenvalue weighted by molar-refractivity contribution is 0.256. The monoisotopic (exact) mass is 412 g/mol. The van der Waals surface area contributed by atoms with Gasteiger partial charge in [0.15, 0.2) is 0 Å². The van der Waals surface area contributed by atoms with Gasteiger partial charge in [-0.3, -0.25) is 4.90 Å². The Morgan fingerprint density at radius 2 is 1.55 bits per heavy atom. The Hall–Kier alpha value is -4.03. The van der Waals surface area contributed by atoms with Crippen LogP contribution in [0.1, 0.15) is 16.7 Å². The number of rotatable bonds is 2. The SMILES string of the molecule is NC(=O)N1c2ccccc2C=Cc2ccccc21.NCCc1c[nH]c2ccc(O)cc12. The molecule has 1 aromatic heterocycles. The van der Waals surface area contributed by atoms with E-state index in [9.17, 15) is 9.90 Å². The number of amides is 2. The first-order valence-electron chi connectivity index (χ1n) is 10.0. The van der Waals surface area contributed by atoms with E-state index in [4.69, 9.17) is 11.5 Å². The molecule has 0 saturated carbocycles. The van der Waals surface area contributed by atoms with Crippen LogP contribution in [0.15, 0.2) is 72.9 Å². The van der Waals surface area contributed by atoms with E-state index >= 15 is 0 Å². The lowest BCUT2D eigenvalue weighted by atomic mass is 10.1. The Morgan fingerprint density at radius 3 is 2.13 bits per heavy atom. The van der Waals surface area contributed by atoms with Gasteiger partial charge < -0.3 is 21.6 Å². The third kappa shape index (κ3) is 4.15. The molecule has 6 N–H and O–H groups in total. The van der Waals surface area contributed by atoms with Crippen molar-refractivity contribution in [2.75, 3.05) is 11.4 Å². The normalized spacial score (nSPS) is 11.8. The summed E-state index contributed by atoms with van der Waals surface area (Å²) >= 11 is 0. The molecule has 0 bridgehead atoms. The standard InChI is InChI=1S/C15H12N2O.C10H12N2O/c16-15(18)17-13-7-3-1-5-11(13)9-10-12-6-2-4-8-14(12)17;11-4-3-7-6-12-10-2-1-8(13)5-9(7)10/h1-10H,(H2,16,18);1-2,5-6,12-13H,3-4,11H2. The van der Waals surface area contributed by atoms with Crippen LogP contribution in [0.4, 0.5) is 16.2 Å². The van der Waals surface area contributed by atoms with E-state index in [0.717, 1.165) is 45.4 Å². The topological polar surface area (TPSA) is 108 Å². The number of fused-ring (bicyclic) bond motifs is 3. The highest BCUT2D eigenvalue weighted by atomic mass is 16.3. The molecule has 0 atom stereocenters. The Morgan fingerprint density at radius 1 is 0.935 bits per heavy atom. The molecule has 2 heterocycles. The number of anilines is 2. The van der Waals surface area contributed by atoms with Crippen LogP contribution in [0.2, 0.25) is 0 Å². The number of para-hydroxylation sites is 2. The molecule has 0 unspecified atom stereocenters. The number of phenolic OH excluding ortho intramolecular Hbond substituents is 1. The number of carbonyl (C=O) groups is 1. The highest BCUT2D eigenvalue weighted by Crippen LogP contribution is 2.35. The number of benzene rings is 3. The number of carbonyl (C=O) groups excluding carboxylic acids is 1. The van der Waals surface area contributed by atoms with E-state index in [0.29, 0.717) is 12.3 Å². The molecule has 2 amide bonds.